The van der Waals surface area contributed by atoms with Crippen LogP contribution in [0.3, 0.4) is 0 Å². The van der Waals surface area contributed by atoms with Crippen LogP contribution in [-0.4, -0.2) is 27.9 Å². The average Bonchev–Trinajstić information content (AvgIpc) is 3.02. The molecule has 0 aliphatic heterocycles. The van der Waals surface area contributed by atoms with Gasteiger partial charge in [0.25, 0.3) is 5.56 Å². The Balaban J connectivity index is 1.64. The van der Waals surface area contributed by atoms with E-state index in [1.165, 1.54) is 23.1 Å². The molecule has 2 heterocycles. The van der Waals surface area contributed by atoms with Gasteiger partial charge in [0.2, 0.25) is 5.91 Å². The molecule has 0 spiro atoms. The number of amides is 1. The van der Waals surface area contributed by atoms with E-state index in [2.05, 4.69) is 15.3 Å². The number of hydrogen-bond acceptors (Lipinski definition) is 6. The van der Waals surface area contributed by atoms with Crippen molar-refractivity contribution in [3.05, 3.63) is 46.1 Å². The van der Waals surface area contributed by atoms with E-state index in [-0.39, 0.29) is 17.2 Å². The van der Waals surface area contributed by atoms with E-state index in [1.807, 2.05) is 35.9 Å². The van der Waals surface area contributed by atoms with E-state index in [0.29, 0.717) is 15.4 Å². The Hall–Kier alpha value is -1.77. The third-order valence-electron chi connectivity index (χ3n) is 3.01. The summed E-state index contributed by atoms with van der Waals surface area (Å²) in [6.45, 7) is 0. The van der Waals surface area contributed by atoms with Crippen molar-refractivity contribution in [2.75, 3.05) is 17.3 Å². The highest BCUT2D eigenvalue weighted by molar-refractivity contribution is 7.99. The molecular weight excluding hydrogens is 350 g/mol. The van der Waals surface area contributed by atoms with Gasteiger partial charge in [-0.05, 0) is 35.9 Å². The van der Waals surface area contributed by atoms with Gasteiger partial charge in [0.05, 0.1) is 11.1 Å². The quantitative estimate of drug-likeness (QED) is 0.536. The number of nitrogens with one attached hydrogen (secondary N) is 2. The van der Waals surface area contributed by atoms with E-state index in [0.717, 1.165) is 10.6 Å². The van der Waals surface area contributed by atoms with Gasteiger partial charge in [-0.1, -0.05) is 17.8 Å². The number of thiophene rings is 1. The van der Waals surface area contributed by atoms with Gasteiger partial charge < -0.3 is 10.3 Å². The van der Waals surface area contributed by atoms with Crippen LogP contribution in [0.1, 0.15) is 0 Å². The van der Waals surface area contributed by atoms with E-state index in [1.54, 1.807) is 17.8 Å². The molecule has 1 aromatic carbocycles. The van der Waals surface area contributed by atoms with Gasteiger partial charge >= 0.3 is 0 Å². The molecular formula is C15H13N3O2S3. The summed E-state index contributed by atoms with van der Waals surface area (Å²) in [7, 11) is 0. The molecule has 0 bridgehead atoms. The third-order valence-corrected chi connectivity index (χ3v) is 5.41. The molecule has 0 saturated carbocycles. The van der Waals surface area contributed by atoms with Crippen molar-refractivity contribution in [1.82, 2.24) is 9.97 Å². The van der Waals surface area contributed by atoms with Crippen LogP contribution in [0.2, 0.25) is 0 Å². The van der Waals surface area contributed by atoms with Crippen molar-refractivity contribution < 1.29 is 4.79 Å². The summed E-state index contributed by atoms with van der Waals surface area (Å²) < 4.78 is 0. The fraction of sp³-hybridized carbons (Fsp3) is 0.133. The highest BCUT2D eigenvalue weighted by atomic mass is 32.2. The summed E-state index contributed by atoms with van der Waals surface area (Å²) in [5, 5.41) is 5.71. The Kier molecular flexibility index (Phi) is 5.04. The van der Waals surface area contributed by atoms with Crippen LogP contribution >= 0.6 is 34.9 Å². The molecule has 0 saturated heterocycles. The summed E-state index contributed by atoms with van der Waals surface area (Å²) >= 11 is 4.24. The molecule has 0 atom stereocenters. The molecule has 3 rings (SSSR count). The maximum atomic E-state index is 12.0. The topological polar surface area (TPSA) is 74.8 Å². The predicted molar refractivity (Wildman–Crippen MR) is 97.8 cm³/mol. The number of carbonyl (C=O) groups excluding carboxylic acids is 1. The molecule has 0 aliphatic carbocycles. The highest BCUT2D eigenvalue weighted by Gasteiger charge is 2.08. The lowest BCUT2D eigenvalue weighted by atomic mass is 10.3. The number of H-pyrrole nitrogens is 1. The molecule has 2 aromatic heterocycles. The lowest BCUT2D eigenvalue weighted by Gasteiger charge is -2.06. The summed E-state index contributed by atoms with van der Waals surface area (Å²) in [5.41, 5.74) is 0.587. The summed E-state index contributed by atoms with van der Waals surface area (Å²) in [6.07, 6.45) is 1.99. The Bertz CT molecular complexity index is 904. The fourth-order valence-electron chi connectivity index (χ4n) is 1.95. The van der Waals surface area contributed by atoms with Gasteiger partial charge in [-0.15, -0.1) is 23.1 Å². The molecule has 1 amide bonds. The number of carbonyl (C=O) groups is 1. The van der Waals surface area contributed by atoms with Crippen LogP contribution < -0.4 is 10.9 Å². The number of hydrogen-bond donors (Lipinski definition) is 2. The summed E-state index contributed by atoms with van der Waals surface area (Å²) in [5.74, 6) is 0.0470. The van der Waals surface area contributed by atoms with Crippen LogP contribution in [-0.2, 0) is 4.79 Å². The predicted octanol–water partition coefficient (Wildman–Crippen LogP) is 3.44. The van der Waals surface area contributed by atoms with Gasteiger partial charge in [0.1, 0.15) is 4.83 Å². The normalized spacial score (nSPS) is 10.8. The van der Waals surface area contributed by atoms with Gasteiger partial charge in [0, 0.05) is 10.6 Å². The van der Waals surface area contributed by atoms with E-state index >= 15 is 0 Å². The number of nitrogens with zero attached hydrogens (tertiary/aromatic N) is 1. The van der Waals surface area contributed by atoms with Crippen molar-refractivity contribution in [1.29, 1.82) is 0 Å². The number of aromatic nitrogens is 2. The minimum atomic E-state index is -0.174. The summed E-state index contributed by atoms with van der Waals surface area (Å²) in [4.78, 5) is 32.7. The lowest BCUT2D eigenvalue weighted by molar-refractivity contribution is -0.113. The van der Waals surface area contributed by atoms with Crippen LogP contribution in [0.5, 0.6) is 0 Å². The molecule has 5 nitrogen and oxygen atoms in total. The highest BCUT2D eigenvalue weighted by Crippen LogP contribution is 2.21. The Morgan fingerprint density at radius 2 is 2.26 bits per heavy atom. The number of thioether (sulfide) groups is 2. The van der Waals surface area contributed by atoms with Crippen molar-refractivity contribution in [2.24, 2.45) is 0 Å². The zero-order valence-corrected chi connectivity index (χ0v) is 14.6. The zero-order chi connectivity index (χ0) is 16.2. The summed E-state index contributed by atoms with van der Waals surface area (Å²) in [6, 6.07) is 9.40. The van der Waals surface area contributed by atoms with Crippen molar-refractivity contribution >= 4 is 56.7 Å². The second-order valence-corrected chi connectivity index (χ2v) is 7.32. The maximum absolute atomic E-state index is 12.0. The van der Waals surface area contributed by atoms with Crippen molar-refractivity contribution in [2.45, 2.75) is 10.1 Å². The number of anilines is 1. The van der Waals surface area contributed by atoms with Gasteiger partial charge in [-0.25, -0.2) is 4.98 Å². The molecule has 0 aliphatic rings. The van der Waals surface area contributed by atoms with Crippen molar-refractivity contribution in [3.8, 4) is 0 Å². The molecule has 23 heavy (non-hydrogen) atoms. The number of benzene rings is 1. The first-order valence-electron chi connectivity index (χ1n) is 6.70. The smallest absolute Gasteiger partial charge is 0.260 e. The first kappa shape index (κ1) is 16.1. The van der Waals surface area contributed by atoms with Crippen molar-refractivity contribution in [3.63, 3.8) is 0 Å². The monoisotopic (exact) mass is 363 g/mol. The minimum Gasteiger partial charge on any atom is -0.325 e. The molecule has 0 unspecified atom stereocenters. The Morgan fingerprint density at radius 1 is 1.39 bits per heavy atom. The Labute approximate surface area is 144 Å². The van der Waals surface area contributed by atoms with Crippen LogP contribution in [0, 0.1) is 0 Å². The molecule has 0 radical (unpaired) electrons. The van der Waals surface area contributed by atoms with Crippen LogP contribution in [0.25, 0.3) is 10.2 Å². The molecule has 118 valence electrons. The van der Waals surface area contributed by atoms with E-state index in [9.17, 15) is 9.59 Å². The molecule has 3 aromatic rings. The molecule has 0 fully saturated rings. The second kappa shape index (κ2) is 7.20. The number of fused-ring (bicyclic) bond motifs is 1. The van der Waals surface area contributed by atoms with E-state index < -0.39 is 0 Å². The maximum Gasteiger partial charge on any atom is 0.260 e. The van der Waals surface area contributed by atoms with Gasteiger partial charge in [0.15, 0.2) is 5.16 Å². The minimum absolute atomic E-state index is 0.137. The third kappa shape index (κ3) is 3.95. The zero-order valence-electron chi connectivity index (χ0n) is 12.2. The first-order chi connectivity index (χ1) is 11.2. The number of rotatable bonds is 5. The molecule has 2 N–H and O–H groups in total. The molecule has 8 heteroatoms. The fourth-order valence-corrected chi connectivity index (χ4v) is 3.89. The largest absolute Gasteiger partial charge is 0.325 e. The Morgan fingerprint density at radius 3 is 3.09 bits per heavy atom. The number of aromatic amines is 1. The van der Waals surface area contributed by atoms with E-state index in [4.69, 9.17) is 0 Å². The first-order valence-corrected chi connectivity index (χ1v) is 9.79. The van der Waals surface area contributed by atoms with Crippen LogP contribution in [0.15, 0.2) is 50.6 Å². The van der Waals surface area contributed by atoms with Gasteiger partial charge in [-0.3, -0.25) is 9.59 Å². The standard InChI is InChI=1S/C15H13N3O2S3/c1-21-10-4-2-3-9(7-10)16-12(19)8-23-15-17-13(20)11-5-6-22-14(11)18-15/h2-7H,8H2,1H3,(H,16,19)(H,17,18,20). The average molecular weight is 363 g/mol. The van der Waals surface area contributed by atoms with Crippen LogP contribution in [0.4, 0.5) is 5.69 Å². The second-order valence-electron chi connectivity index (χ2n) is 4.58. The lowest BCUT2D eigenvalue weighted by Crippen LogP contribution is -2.15. The van der Waals surface area contributed by atoms with Gasteiger partial charge in [-0.2, -0.15) is 0 Å². The SMILES string of the molecule is CSc1cccc(NC(=O)CSc2nc3sccc3c(=O)[nH]2)c1.